The third-order valence-corrected chi connectivity index (χ3v) is 0.690. The first kappa shape index (κ1) is 12.6. The van der Waals surface area contributed by atoms with Crippen molar-refractivity contribution in [3.05, 3.63) is 0 Å². The minimum absolute atomic E-state index is 0. The molecule has 4 nitrogen and oxygen atoms in total. The molecule has 0 aliphatic heterocycles. The summed E-state index contributed by atoms with van der Waals surface area (Å²) in [6, 6.07) is 0. The van der Waals surface area contributed by atoms with Crippen molar-refractivity contribution >= 4 is 5.97 Å². The number of aliphatic hydroxyl groups is 2. The van der Waals surface area contributed by atoms with E-state index in [1.807, 2.05) is 0 Å². The Labute approximate surface area is 71.1 Å². The van der Waals surface area contributed by atoms with Crippen LogP contribution in [0.15, 0.2) is 0 Å². The van der Waals surface area contributed by atoms with E-state index >= 15 is 0 Å². The molecule has 0 saturated heterocycles. The fraction of sp³-hybridized carbons (Fsp3) is 0.800. The maximum Gasteiger partial charge on any atom is 0.302 e. The van der Waals surface area contributed by atoms with Gasteiger partial charge in [-0.25, -0.2) is 0 Å². The molecule has 5 heteroatoms. The van der Waals surface area contributed by atoms with E-state index in [4.69, 9.17) is 10.2 Å². The molecule has 10 heavy (non-hydrogen) atoms. The van der Waals surface area contributed by atoms with Gasteiger partial charge in [-0.05, 0) is 0 Å². The van der Waals surface area contributed by atoms with Crippen molar-refractivity contribution < 1.29 is 38.3 Å². The molecule has 0 saturated carbocycles. The zero-order valence-corrected chi connectivity index (χ0v) is 7.05. The molecular formula is C5H10O4V. The number of rotatable bonds is 3. The largest absolute Gasteiger partial charge is 0.463 e. The third-order valence-electron chi connectivity index (χ3n) is 0.690. The third kappa shape index (κ3) is 7.97. The van der Waals surface area contributed by atoms with Crippen LogP contribution < -0.4 is 0 Å². The molecular weight excluding hydrogens is 175 g/mol. The quantitative estimate of drug-likeness (QED) is 0.547. The molecule has 0 aliphatic rings. The van der Waals surface area contributed by atoms with Gasteiger partial charge in [0.1, 0.15) is 12.7 Å². The van der Waals surface area contributed by atoms with Crippen LogP contribution >= 0.6 is 0 Å². The van der Waals surface area contributed by atoms with Crippen LogP contribution in [0.2, 0.25) is 0 Å². The average Bonchev–Trinajstić information content (AvgIpc) is 1.83. The summed E-state index contributed by atoms with van der Waals surface area (Å²) in [5.74, 6) is -0.456. The van der Waals surface area contributed by atoms with Crippen molar-refractivity contribution in [1.82, 2.24) is 0 Å². The predicted molar refractivity (Wildman–Crippen MR) is 29.7 cm³/mol. The molecule has 2 N–H and O–H groups in total. The molecule has 0 aliphatic carbocycles. The van der Waals surface area contributed by atoms with E-state index < -0.39 is 12.1 Å². The predicted octanol–water partition coefficient (Wildman–Crippen LogP) is -1.10. The Balaban J connectivity index is 0. The maximum absolute atomic E-state index is 10.0. The Morgan fingerprint density at radius 1 is 1.70 bits per heavy atom. The van der Waals surface area contributed by atoms with Crippen molar-refractivity contribution in [2.75, 3.05) is 13.2 Å². The average molecular weight is 185 g/mol. The van der Waals surface area contributed by atoms with Crippen LogP contribution in [0.5, 0.6) is 0 Å². The van der Waals surface area contributed by atoms with Gasteiger partial charge < -0.3 is 14.9 Å². The number of esters is 1. The summed E-state index contributed by atoms with van der Waals surface area (Å²) >= 11 is 0. The van der Waals surface area contributed by atoms with E-state index in [1.54, 1.807) is 0 Å². The van der Waals surface area contributed by atoms with Crippen LogP contribution in [0.1, 0.15) is 6.92 Å². The van der Waals surface area contributed by atoms with Gasteiger partial charge in [-0.3, -0.25) is 4.79 Å². The van der Waals surface area contributed by atoms with Gasteiger partial charge in [0.2, 0.25) is 0 Å². The second-order valence-corrected chi connectivity index (χ2v) is 1.64. The zero-order chi connectivity index (χ0) is 7.28. The number of carbonyl (C=O) groups excluding carboxylic acids is 1. The van der Waals surface area contributed by atoms with Crippen molar-refractivity contribution in [1.29, 1.82) is 0 Å². The van der Waals surface area contributed by atoms with Crippen LogP contribution in [-0.2, 0) is 28.1 Å². The summed E-state index contributed by atoms with van der Waals surface area (Å²) in [5.41, 5.74) is 0. The van der Waals surface area contributed by atoms with Crippen molar-refractivity contribution in [3.63, 3.8) is 0 Å². The second-order valence-electron chi connectivity index (χ2n) is 1.64. The Bertz CT molecular complexity index is 95.6. The normalized spacial score (nSPS) is 11.5. The summed E-state index contributed by atoms with van der Waals surface area (Å²) in [4.78, 5) is 10.0. The molecule has 0 aromatic rings. The van der Waals surface area contributed by atoms with Crippen molar-refractivity contribution in [2.45, 2.75) is 13.0 Å². The number of aliphatic hydroxyl groups excluding tert-OH is 2. The number of carbonyl (C=O) groups is 1. The monoisotopic (exact) mass is 185 g/mol. The minimum atomic E-state index is -0.950. The van der Waals surface area contributed by atoms with E-state index in [0.717, 1.165) is 0 Å². The van der Waals surface area contributed by atoms with Crippen molar-refractivity contribution in [2.24, 2.45) is 0 Å². The molecule has 1 atom stereocenters. The molecule has 0 rings (SSSR count). The molecule has 59 valence electrons. The summed E-state index contributed by atoms with van der Waals surface area (Å²) in [6.07, 6.45) is -0.950. The standard InChI is InChI=1S/C5H10O4.V/c1-4(7)9-3-5(8)2-6;/h5-6,8H,2-3H2,1H3;. The van der Waals surface area contributed by atoms with Crippen LogP contribution in [0.25, 0.3) is 0 Å². The molecule has 0 aromatic heterocycles. The number of hydrogen-bond acceptors (Lipinski definition) is 4. The summed E-state index contributed by atoms with van der Waals surface area (Å²) < 4.78 is 4.35. The molecule has 0 aromatic carbocycles. The fourth-order valence-corrected chi connectivity index (χ4v) is 0.266. The molecule has 0 spiro atoms. The summed E-state index contributed by atoms with van der Waals surface area (Å²) in [6.45, 7) is 0.725. The first-order chi connectivity index (χ1) is 4.16. The van der Waals surface area contributed by atoms with Gasteiger partial charge in [-0.2, -0.15) is 0 Å². The molecule has 0 bridgehead atoms. The maximum atomic E-state index is 10.0. The first-order valence-corrected chi connectivity index (χ1v) is 2.59. The van der Waals surface area contributed by atoms with E-state index in [9.17, 15) is 4.79 Å². The molecule has 0 amide bonds. The van der Waals surface area contributed by atoms with Gasteiger partial charge in [-0.1, -0.05) is 0 Å². The van der Waals surface area contributed by atoms with Gasteiger partial charge >= 0.3 is 5.97 Å². The zero-order valence-electron chi connectivity index (χ0n) is 5.65. The summed E-state index contributed by atoms with van der Waals surface area (Å²) in [5, 5.41) is 16.8. The Hall–Kier alpha value is -0.0256. The molecule has 1 radical (unpaired) electrons. The summed E-state index contributed by atoms with van der Waals surface area (Å²) in [7, 11) is 0. The smallest absolute Gasteiger partial charge is 0.302 e. The molecule has 0 fully saturated rings. The molecule has 0 heterocycles. The second kappa shape index (κ2) is 7.09. The Kier molecular flexibility index (Phi) is 8.95. The topological polar surface area (TPSA) is 66.8 Å². The van der Waals surface area contributed by atoms with Crippen LogP contribution in [0.3, 0.4) is 0 Å². The number of hydrogen-bond donors (Lipinski definition) is 2. The van der Waals surface area contributed by atoms with E-state index in [2.05, 4.69) is 4.74 Å². The van der Waals surface area contributed by atoms with Crippen LogP contribution in [-0.4, -0.2) is 35.5 Å². The van der Waals surface area contributed by atoms with Crippen LogP contribution in [0, 0.1) is 0 Å². The van der Waals surface area contributed by atoms with Gasteiger partial charge in [0.25, 0.3) is 0 Å². The SMILES string of the molecule is CC(=O)OCC(O)CO.[V]. The van der Waals surface area contributed by atoms with Gasteiger partial charge in [-0.15, -0.1) is 0 Å². The Morgan fingerprint density at radius 2 is 2.20 bits per heavy atom. The van der Waals surface area contributed by atoms with Crippen LogP contribution in [0.4, 0.5) is 0 Å². The van der Waals surface area contributed by atoms with E-state index in [0.29, 0.717) is 0 Å². The fourth-order valence-electron chi connectivity index (χ4n) is 0.266. The first-order valence-electron chi connectivity index (χ1n) is 2.59. The Morgan fingerprint density at radius 3 is 2.50 bits per heavy atom. The van der Waals surface area contributed by atoms with Gasteiger partial charge in [0, 0.05) is 25.5 Å². The minimum Gasteiger partial charge on any atom is -0.463 e. The number of ether oxygens (including phenoxy) is 1. The van der Waals surface area contributed by atoms with Gasteiger partial charge in [0.15, 0.2) is 0 Å². The molecule has 1 unspecified atom stereocenters. The van der Waals surface area contributed by atoms with E-state index in [-0.39, 0.29) is 31.8 Å². The van der Waals surface area contributed by atoms with Gasteiger partial charge in [0.05, 0.1) is 6.61 Å². The van der Waals surface area contributed by atoms with Crippen molar-refractivity contribution in [3.8, 4) is 0 Å². The van der Waals surface area contributed by atoms with E-state index in [1.165, 1.54) is 6.92 Å².